The van der Waals surface area contributed by atoms with Crippen molar-refractivity contribution in [2.45, 2.75) is 38.0 Å². The van der Waals surface area contributed by atoms with Gasteiger partial charge in [0.25, 0.3) is 0 Å². The molecular weight excluding hydrogens is 344 g/mol. The number of aromatic carboxylic acids is 1. The molecule has 3 atom stereocenters. The molecule has 0 spiro atoms. The summed E-state index contributed by atoms with van der Waals surface area (Å²) in [6.07, 6.45) is -0.831. The number of carboxylic acids is 2. The van der Waals surface area contributed by atoms with Gasteiger partial charge in [0.1, 0.15) is 12.1 Å². The number of likely N-dealkylation sites (tertiary alicyclic amines) is 1. The van der Waals surface area contributed by atoms with E-state index < -0.39 is 36.0 Å². The van der Waals surface area contributed by atoms with Gasteiger partial charge in [-0.25, -0.2) is 9.59 Å². The van der Waals surface area contributed by atoms with Crippen LogP contribution in [0.5, 0.6) is 0 Å². The minimum Gasteiger partial charge on any atom is -0.480 e. The first-order valence-corrected chi connectivity index (χ1v) is 7.99. The number of carbonyl (C=O) groups excluding carboxylic acids is 2. The summed E-state index contributed by atoms with van der Waals surface area (Å²) in [6, 6.07) is 3.50. The minimum atomic E-state index is -1.26. The summed E-state index contributed by atoms with van der Waals surface area (Å²) in [5.74, 6) is -3.37. The summed E-state index contributed by atoms with van der Waals surface area (Å²) in [4.78, 5) is 47.5. The first-order chi connectivity index (χ1) is 12.2. The van der Waals surface area contributed by atoms with Crippen LogP contribution in [0.3, 0.4) is 0 Å². The molecular formula is C17H20N2O7. The van der Waals surface area contributed by atoms with Gasteiger partial charge in [0.2, 0.25) is 11.8 Å². The molecule has 1 aromatic carbocycles. The topological polar surface area (TPSA) is 144 Å². The van der Waals surface area contributed by atoms with Crippen LogP contribution < -0.4 is 5.32 Å². The van der Waals surface area contributed by atoms with Crippen LogP contribution in [0.25, 0.3) is 0 Å². The summed E-state index contributed by atoms with van der Waals surface area (Å²) in [7, 11) is 0. The molecule has 26 heavy (non-hydrogen) atoms. The number of hydrogen-bond donors (Lipinski definition) is 4. The average Bonchev–Trinajstić information content (AvgIpc) is 2.97. The highest BCUT2D eigenvalue weighted by atomic mass is 16.4. The second kappa shape index (κ2) is 7.96. The Morgan fingerprint density at radius 2 is 1.81 bits per heavy atom. The van der Waals surface area contributed by atoms with E-state index in [-0.39, 0.29) is 30.9 Å². The molecule has 140 valence electrons. The Labute approximate surface area is 149 Å². The third kappa shape index (κ3) is 4.57. The van der Waals surface area contributed by atoms with Crippen LogP contribution in [0.1, 0.15) is 29.3 Å². The Balaban J connectivity index is 2.07. The molecule has 4 N–H and O–H groups in total. The number of hydrogen-bond acceptors (Lipinski definition) is 5. The van der Waals surface area contributed by atoms with Crippen LogP contribution in [0.15, 0.2) is 24.3 Å². The van der Waals surface area contributed by atoms with Crippen molar-refractivity contribution in [2.24, 2.45) is 0 Å². The number of nitrogens with zero attached hydrogens (tertiary/aromatic N) is 1. The Morgan fingerprint density at radius 3 is 2.31 bits per heavy atom. The molecule has 1 aliphatic rings. The van der Waals surface area contributed by atoms with E-state index in [1.165, 1.54) is 36.1 Å². The zero-order valence-electron chi connectivity index (χ0n) is 14.1. The quantitative estimate of drug-likeness (QED) is 0.531. The Kier molecular flexibility index (Phi) is 5.93. The van der Waals surface area contributed by atoms with Gasteiger partial charge in [-0.05, 0) is 17.7 Å². The lowest BCUT2D eigenvalue weighted by Gasteiger charge is -2.24. The van der Waals surface area contributed by atoms with Crippen molar-refractivity contribution in [1.82, 2.24) is 10.2 Å². The van der Waals surface area contributed by atoms with Gasteiger partial charge in [-0.15, -0.1) is 0 Å². The lowest BCUT2D eigenvalue weighted by molar-refractivity contribution is -0.143. The predicted molar refractivity (Wildman–Crippen MR) is 88.5 cm³/mol. The second-order valence-corrected chi connectivity index (χ2v) is 6.18. The SMILES string of the molecule is CC(=O)N1C[C@H](O)C[C@H]1C(=O)N[C@H](Cc1ccc(C(=O)O)cc1)C(=O)O. The monoisotopic (exact) mass is 364 g/mol. The van der Waals surface area contributed by atoms with Crippen molar-refractivity contribution in [3.05, 3.63) is 35.4 Å². The van der Waals surface area contributed by atoms with Gasteiger partial charge < -0.3 is 25.5 Å². The van der Waals surface area contributed by atoms with Gasteiger partial charge in [0.15, 0.2) is 0 Å². The van der Waals surface area contributed by atoms with E-state index in [1.807, 2.05) is 0 Å². The number of nitrogens with one attached hydrogen (secondary N) is 1. The van der Waals surface area contributed by atoms with Gasteiger partial charge >= 0.3 is 11.9 Å². The van der Waals surface area contributed by atoms with Gasteiger partial charge in [-0.2, -0.15) is 0 Å². The summed E-state index contributed by atoms with van der Waals surface area (Å²) < 4.78 is 0. The van der Waals surface area contributed by atoms with Crippen molar-refractivity contribution < 1.29 is 34.5 Å². The van der Waals surface area contributed by atoms with Crippen LogP contribution in [0, 0.1) is 0 Å². The highest BCUT2D eigenvalue weighted by molar-refractivity contribution is 5.90. The minimum absolute atomic E-state index is 0.0296. The average molecular weight is 364 g/mol. The van der Waals surface area contributed by atoms with Gasteiger partial charge in [0, 0.05) is 26.3 Å². The van der Waals surface area contributed by atoms with E-state index in [4.69, 9.17) is 5.11 Å². The molecule has 2 rings (SSSR count). The largest absolute Gasteiger partial charge is 0.480 e. The van der Waals surface area contributed by atoms with Crippen molar-refractivity contribution in [3.8, 4) is 0 Å². The Morgan fingerprint density at radius 1 is 1.19 bits per heavy atom. The molecule has 0 aliphatic carbocycles. The van der Waals surface area contributed by atoms with Crippen LogP contribution >= 0.6 is 0 Å². The summed E-state index contributed by atoms with van der Waals surface area (Å²) in [5.41, 5.74) is 0.610. The van der Waals surface area contributed by atoms with E-state index in [0.717, 1.165) is 0 Å². The zero-order valence-corrected chi connectivity index (χ0v) is 14.1. The van der Waals surface area contributed by atoms with Gasteiger partial charge in [-0.3, -0.25) is 9.59 Å². The number of aliphatic hydroxyl groups excluding tert-OH is 1. The molecule has 2 amide bonds. The maximum Gasteiger partial charge on any atom is 0.335 e. The van der Waals surface area contributed by atoms with Crippen LogP contribution in [-0.2, 0) is 20.8 Å². The fourth-order valence-corrected chi connectivity index (χ4v) is 2.90. The molecule has 1 aromatic rings. The molecule has 1 heterocycles. The molecule has 9 nitrogen and oxygen atoms in total. The van der Waals surface area contributed by atoms with Crippen LogP contribution in [0.2, 0.25) is 0 Å². The lowest BCUT2D eigenvalue weighted by Crippen LogP contribution is -2.51. The molecule has 0 unspecified atom stereocenters. The number of rotatable bonds is 6. The maximum absolute atomic E-state index is 12.4. The predicted octanol–water partition coefficient (Wildman–Crippen LogP) is -0.522. The number of β-amino-alcohol motifs (C(OH)–C–C–N with tert-alkyl or cyclic N) is 1. The third-order valence-corrected chi connectivity index (χ3v) is 4.24. The summed E-state index contributed by atoms with van der Waals surface area (Å²) >= 11 is 0. The second-order valence-electron chi connectivity index (χ2n) is 6.18. The van der Waals surface area contributed by atoms with E-state index >= 15 is 0 Å². The molecule has 1 aliphatic heterocycles. The zero-order chi connectivity index (χ0) is 19.4. The van der Waals surface area contributed by atoms with Crippen molar-refractivity contribution >= 4 is 23.8 Å². The van der Waals surface area contributed by atoms with E-state index in [0.29, 0.717) is 5.56 Å². The maximum atomic E-state index is 12.4. The first-order valence-electron chi connectivity index (χ1n) is 7.99. The molecule has 0 bridgehead atoms. The van der Waals surface area contributed by atoms with Gasteiger partial charge in [0.05, 0.1) is 11.7 Å². The highest BCUT2D eigenvalue weighted by Crippen LogP contribution is 2.18. The number of carbonyl (C=O) groups is 4. The molecule has 0 aromatic heterocycles. The van der Waals surface area contributed by atoms with E-state index in [2.05, 4.69) is 5.32 Å². The summed E-state index contributed by atoms with van der Waals surface area (Å²) in [6.45, 7) is 1.30. The summed E-state index contributed by atoms with van der Waals surface area (Å²) in [5, 5.41) is 30.3. The number of benzene rings is 1. The Hall–Kier alpha value is -2.94. The first kappa shape index (κ1) is 19.4. The fraction of sp³-hybridized carbons (Fsp3) is 0.412. The molecule has 0 saturated carbocycles. The number of aliphatic carboxylic acids is 1. The molecule has 0 radical (unpaired) electrons. The fourth-order valence-electron chi connectivity index (χ4n) is 2.90. The number of carboxylic acid groups (broad SMARTS) is 2. The smallest absolute Gasteiger partial charge is 0.335 e. The lowest BCUT2D eigenvalue weighted by atomic mass is 10.0. The number of aliphatic hydroxyl groups is 1. The van der Waals surface area contributed by atoms with Crippen molar-refractivity contribution in [1.29, 1.82) is 0 Å². The standard InChI is InChI=1S/C17H20N2O7/c1-9(20)19-8-12(21)7-14(19)15(22)18-13(17(25)26)6-10-2-4-11(5-3-10)16(23)24/h2-5,12-14,21H,6-8H2,1H3,(H,18,22)(H,23,24)(H,25,26)/t12-,13-,14+/m1/s1. The van der Waals surface area contributed by atoms with Crippen LogP contribution in [0.4, 0.5) is 0 Å². The molecule has 1 saturated heterocycles. The van der Waals surface area contributed by atoms with E-state index in [1.54, 1.807) is 0 Å². The van der Waals surface area contributed by atoms with E-state index in [9.17, 15) is 29.4 Å². The van der Waals surface area contributed by atoms with Gasteiger partial charge in [-0.1, -0.05) is 12.1 Å². The molecule has 9 heteroatoms. The Bertz CT molecular complexity index is 716. The van der Waals surface area contributed by atoms with Crippen molar-refractivity contribution in [2.75, 3.05) is 6.54 Å². The third-order valence-electron chi connectivity index (χ3n) is 4.24. The van der Waals surface area contributed by atoms with Crippen LogP contribution in [-0.4, -0.2) is 68.7 Å². The normalized spacial score (nSPS) is 20.5. The van der Waals surface area contributed by atoms with Crippen molar-refractivity contribution in [3.63, 3.8) is 0 Å². The molecule has 1 fully saturated rings. The number of amides is 2. The highest BCUT2D eigenvalue weighted by Gasteiger charge is 2.38.